The summed E-state index contributed by atoms with van der Waals surface area (Å²) in [6, 6.07) is 9.90. The predicted molar refractivity (Wildman–Crippen MR) is 94.4 cm³/mol. The molecule has 0 atom stereocenters. The molecule has 24 heavy (non-hydrogen) atoms. The third-order valence-corrected chi connectivity index (χ3v) is 4.88. The molecule has 0 fully saturated rings. The Morgan fingerprint density at radius 3 is 2.54 bits per heavy atom. The molecule has 0 radical (unpaired) electrons. The average Bonchev–Trinajstić information content (AvgIpc) is 2.55. The highest BCUT2D eigenvalue weighted by molar-refractivity contribution is 5.99. The van der Waals surface area contributed by atoms with E-state index in [9.17, 15) is 9.59 Å². The van der Waals surface area contributed by atoms with Gasteiger partial charge in [0.25, 0.3) is 0 Å². The van der Waals surface area contributed by atoms with Crippen LogP contribution in [0.2, 0.25) is 0 Å². The average molecular weight is 325 g/mol. The summed E-state index contributed by atoms with van der Waals surface area (Å²) in [5.74, 6) is 0.00501. The number of benzene rings is 1. The first-order valence-electron chi connectivity index (χ1n) is 8.29. The summed E-state index contributed by atoms with van der Waals surface area (Å²) in [4.78, 5) is 25.0. The van der Waals surface area contributed by atoms with Crippen LogP contribution in [-0.2, 0) is 19.4 Å². The summed E-state index contributed by atoms with van der Waals surface area (Å²) < 4.78 is 2.21. The molecule has 2 aliphatic rings. The summed E-state index contributed by atoms with van der Waals surface area (Å²) >= 11 is 0. The quantitative estimate of drug-likeness (QED) is 0.810. The number of fused-ring (bicyclic) bond motifs is 5. The second-order valence-corrected chi connectivity index (χ2v) is 7.22. The zero-order valence-electron chi connectivity index (χ0n) is 14.4. The topological polar surface area (TPSA) is 59.3 Å². The van der Waals surface area contributed by atoms with Crippen LogP contribution in [0, 0.1) is 5.41 Å². The van der Waals surface area contributed by atoms with Gasteiger partial charge in [-0.1, -0.05) is 38.1 Å². The monoisotopic (exact) mass is 325 g/mol. The Hall–Kier alpha value is -2.20. The molecule has 1 aromatic carbocycles. The summed E-state index contributed by atoms with van der Waals surface area (Å²) in [5, 5.41) is 7.00. The first kappa shape index (κ1) is 16.7. The lowest BCUT2D eigenvalue weighted by Crippen LogP contribution is -2.36. The van der Waals surface area contributed by atoms with Gasteiger partial charge >= 0.3 is 0 Å². The number of aromatic nitrogens is 1. The Morgan fingerprint density at radius 2 is 1.79 bits per heavy atom. The minimum Gasteiger partial charge on any atom is -0.400 e. The van der Waals surface area contributed by atoms with Crippen LogP contribution in [0.3, 0.4) is 0 Å². The molecule has 0 saturated carbocycles. The second kappa shape index (κ2) is 6.02. The van der Waals surface area contributed by atoms with E-state index < -0.39 is 0 Å². The largest absolute Gasteiger partial charge is 0.400 e. The van der Waals surface area contributed by atoms with Crippen LogP contribution < -0.4 is 5.43 Å². The summed E-state index contributed by atoms with van der Waals surface area (Å²) in [5.41, 5.74) is 4.57. The van der Waals surface area contributed by atoms with Crippen molar-refractivity contribution in [3.05, 3.63) is 57.4 Å². The SMILES string of the molecule is CC1(C)CC(=O)c2c(n3c(cc2=O)-c2ccccc2CC3)C1.CO. The first-order valence-corrected chi connectivity index (χ1v) is 8.29. The normalized spacial score (nSPS) is 17.1. The lowest BCUT2D eigenvalue weighted by Gasteiger charge is -2.34. The van der Waals surface area contributed by atoms with Crippen LogP contribution in [0.1, 0.15) is 41.9 Å². The second-order valence-electron chi connectivity index (χ2n) is 7.22. The van der Waals surface area contributed by atoms with Gasteiger partial charge in [0.2, 0.25) is 0 Å². The van der Waals surface area contributed by atoms with Crippen LogP contribution in [-0.4, -0.2) is 22.6 Å². The highest BCUT2D eigenvalue weighted by atomic mass is 16.2. The lowest BCUT2D eigenvalue weighted by molar-refractivity contribution is 0.0906. The van der Waals surface area contributed by atoms with E-state index in [1.807, 2.05) is 12.1 Å². The Labute approximate surface area is 141 Å². The fourth-order valence-corrected chi connectivity index (χ4v) is 3.92. The zero-order chi connectivity index (χ0) is 17.5. The standard InChI is InChI=1S/C19H19NO2.CH4O/c1-19(2)10-15-18(17(22)11-19)16(21)9-14-13-6-4-3-5-12(13)7-8-20(14)15;1-2/h3-6,9H,7-8,10-11H2,1-2H3;2H,1H3. The van der Waals surface area contributed by atoms with E-state index in [1.165, 1.54) is 5.56 Å². The number of aliphatic hydroxyl groups excluding tert-OH is 1. The summed E-state index contributed by atoms with van der Waals surface area (Å²) in [6.45, 7) is 5.06. The Morgan fingerprint density at radius 1 is 1.08 bits per heavy atom. The Kier molecular flexibility index (Phi) is 4.18. The molecular weight excluding hydrogens is 302 g/mol. The Balaban J connectivity index is 0.000000815. The van der Waals surface area contributed by atoms with Crippen molar-refractivity contribution in [1.29, 1.82) is 0 Å². The molecule has 0 saturated heterocycles. The number of carbonyl (C=O) groups is 1. The van der Waals surface area contributed by atoms with E-state index in [0.29, 0.717) is 12.0 Å². The molecule has 126 valence electrons. The number of nitrogens with zero attached hydrogens (tertiary/aromatic N) is 1. The van der Waals surface area contributed by atoms with Crippen molar-refractivity contribution < 1.29 is 9.90 Å². The van der Waals surface area contributed by atoms with E-state index in [-0.39, 0.29) is 16.6 Å². The van der Waals surface area contributed by atoms with E-state index in [0.717, 1.165) is 43.4 Å². The maximum atomic E-state index is 12.5. The minimum atomic E-state index is -0.113. The van der Waals surface area contributed by atoms with Gasteiger partial charge in [-0.05, 0) is 23.8 Å². The van der Waals surface area contributed by atoms with Crippen molar-refractivity contribution >= 4 is 5.78 Å². The zero-order valence-corrected chi connectivity index (χ0v) is 14.4. The number of aryl methyl sites for hydroxylation is 1. The third kappa shape index (κ3) is 2.61. The molecule has 0 spiro atoms. The molecule has 0 amide bonds. The maximum absolute atomic E-state index is 12.5. The smallest absolute Gasteiger partial charge is 0.193 e. The van der Waals surface area contributed by atoms with Crippen LogP contribution in [0.4, 0.5) is 0 Å². The molecule has 4 heteroatoms. The van der Waals surface area contributed by atoms with Crippen molar-refractivity contribution in [3.63, 3.8) is 0 Å². The molecule has 1 N–H and O–H groups in total. The number of ketones is 1. The summed E-state index contributed by atoms with van der Waals surface area (Å²) in [7, 11) is 1.00. The number of Topliss-reactive ketones (excluding diaryl/α,β-unsaturated/α-hetero) is 1. The highest BCUT2D eigenvalue weighted by Gasteiger charge is 2.35. The van der Waals surface area contributed by atoms with Crippen molar-refractivity contribution in [3.8, 4) is 11.3 Å². The van der Waals surface area contributed by atoms with Gasteiger partial charge in [-0.15, -0.1) is 0 Å². The van der Waals surface area contributed by atoms with Crippen LogP contribution in [0.5, 0.6) is 0 Å². The van der Waals surface area contributed by atoms with Gasteiger partial charge in [0.1, 0.15) is 0 Å². The Bertz CT molecular complexity index is 862. The first-order chi connectivity index (χ1) is 11.5. The molecule has 1 aliphatic carbocycles. The van der Waals surface area contributed by atoms with Gasteiger partial charge in [-0.3, -0.25) is 9.59 Å². The molecular formula is C20H23NO3. The van der Waals surface area contributed by atoms with Crippen LogP contribution >= 0.6 is 0 Å². The third-order valence-electron chi connectivity index (χ3n) is 4.88. The van der Waals surface area contributed by atoms with Crippen molar-refractivity contribution in [2.24, 2.45) is 5.41 Å². The molecule has 2 heterocycles. The van der Waals surface area contributed by atoms with Gasteiger partial charge in [0, 0.05) is 37.4 Å². The van der Waals surface area contributed by atoms with Gasteiger partial charge in [-0.25, -0.2) is 0 Å². The van der Waals surface area contributed by atoms with Crippen molar-refractivity contribution in [2.45, 2.75) is 39.7 Å². The fourth-order valence-electron chi connectivity index (χ4n) is 3.92. The predicted octanol–water partition coefficient (Wildman–Crippen LogP) is 2.84. The number of pyridine rings is 1. The van der Waals surface area contributed by atoms with Crippen molar-refractivity contribution in [1.82, 2.24) is 4.57 Å². The van der Waals surface area contributed by atoms with E-state index in [1.54, 1.807) is 6.07 Å². The lowest BCUT2D eigenvalue weighted by atomic mass is 9.75. The van der Waals surface area contributed by atoms with Gasteiger partial charge < -0.3 is 9.67 Å². The molecule has 2 aromatic rings. The molecule has 0 bridgehead atoms. The highest BCUT2D eigenvalue weighted by Crippen LogP contribution is 2.37. The number of rotatable bonds is 0. The van der Waals surface area contributed by atoms with Gasteiger partial charge in [0.15, 0.2) is 11.2 Å². The van der Waals surface area contributed by atoms with Gasteiger partial charge in [-0.2, -0.15) is 0 Å². The molecule has 4 nitrogen and oxygen atoms in total. The maximum Gasteiger partial charge on any atom is 0.193 e. The number of aliphatic hydroxyl groups is 1. The van der Waals surface area contributed by atoms with Crippen LogP contribution in [0.25, 0.3) is 11.3 Å². The minimum absolute atomic E-state index is 0.00501. The number of hydrogen-bond acceptors (Lipinski definition) is 3. The van der Waals surface area contributed by atoms with E-state index >= 15 is 0 Å². The van der Waals surface area contributed by atoms with Crippen LogP contribution in [0.15, 0.2) is 35.1 Å². The van der Waals surface area contributed by atoms with Crippen molar-refractivity contribution in [2.75, 3.05) is 7.11 Å². The molecule has 1 aromatic heterocycles. The number of hydrogen-bond donors (Lipinski definition) is 1. The van der Waals surface area contributed by atoms with E-state index in [2.05, 4.69) is 30.5 Å². The van der Waals surface area contributed by atoms with E-state index in [4.69, 9.17) is 5.11 Å². The fraction of sp³-hybridized carbons (Fsp3) is 0.400. The molecule has 4 rings (SSSR count). The van der Waals surface area contributed by atoms with Gasteiger partial charge in [0.05, 0.1) is 11.3 Å². The molecule has 0 unspecified atom stereocenters. The summed E-state index contributed by atoms with van der Waals surface area (Å²) in [6.07, 6.45) is 2.21. The number of carbonyl (C=O) groups excluding carboxylic acids is 1. The molecule has 1 aliphatic heterocycles.